The highest BCUT2D eigenvalue weighted by Crippen LogP contribution is 2.47. The lowest BCUT2D eigenvalue weighted by Gasteiger charge is -2.38. The van der Waals surface area contributed by atoms with E-state index in [1.54, 1.807) is 0 Å². The van der Waals surface area contributed by atoms with Crippen LogP contribution in [0.3, 0.4) is 0 Å². The van der Waals surface area contributed by atoms with Gasteiger partial charge in [-0.2, -0.15) is 0 Å². The first-order valence-corrected chi connectivity index (χ1v) is 11.9. The molecule has 4 nitrogen and oxygen atoms in total. The molecular formula is C26H38N2O2. The molecule has 2 aliphatic carbocycles. The van der Waals surface area contributed by atoms with Gasteiger partial charge in [0.25, 0.3) is 5.91 Å². The number of benzene rings is 1. The van der Waals surface area contributed by atoms with Crippen LogP contribution in [0.5, 0.6) is 0 Å². The van der Waals surface area contributed by atoms with E-state index in [-0.39, 0.29) is 17.9 Å². The summed E-state index contributed by atoms with van der Waals surface area (Å²) in [6.07, 6.45) is 8.66. The number of rotatable bonds is 7. The van der Waals surface area contributed by atoms with Crippen molar-refractivity contribution >= 4 is 5.91 Å². The molecule has 0 spiro atoms. The number of allylic oxidation sites excluding steroid dienone is 1. The van der Waals surface area contributed by atoms with Crippen LogP contribution in [0.25, 0.3) is 0 Å². The van der Waals surface area contributed by atoms with Crippen LogP contribution in [0, 0.1) is 24.7 Å². The van der Waals surface area contributed by atoms with Crippen LogP contribution >= 0.6 is 0 Å². The Morgan fingerprint density at radius 3 is 2.37 bits per heavy atom. The smallest absolute Gasteiger partial charge is 0.257 e. The molecule has 1 aromatic carbocycles. The summed E-state index contributed by atoms with van der Waals surface area (Å²) in [5.41, 5.74) is 1.87. The Bertz CT molecular complexity index is 765. The van der Waals surface area contributed by atoms with Crippen molar-refractivity contribution in [1.82, 2.24) is 10.2 Å². The molecule has 3 fully saturated rings. The third-order valence-corrected chi connectivity index (χ3v) is 7.60. The number of carbonyl (C=O) groups excluding carboxylic acids is 1. The second-order valence-electron chi connectivity index (χ2n) is 10.1. The first-order valence-electron chi connectivity index (χ1n) is 11.9. The van der Waals surface area contributed by atoms with Gasteiger partial charge in [-0.3, -0.25) is 4.79 Å². The van der Waals surface area contributed by atoms with Gasteiger partial charge in [0, 0.05) is 31.6 Å². The van der Waals surface area contributed by atoms with E-state index < -0.39 is 5.60 Å². The zero-order valence-electron chi connectivity index (χ0n) is 18.9. The van der Waals surface area contributed by atoms with Crippen molar-refractivity contribution in [3.8, 4) is 0 Å². The number of amides is 1. The van der Waals surface area contributed by atoms with E-state index in [0.717, 1.165) is 62.9 Å². The maximum Gasteiger partial charge on any atom is 0.257 e. The van der Waals surface area contributed by atoms with Gasteiger partial charge < -0.3 is 15.3 Å². The van der Waals surface area contributed by atoms with Crippen molar-refractivity contribution in [2.45, 2.75) is 70.9 Å². The average molecular weight is 411 g/mol. The predicted octanol–water partition coefficient (Wildman–Crippen LogP) is 4.17. The van der Waals surface area contributed by atoms with E-state index in [1.807, 2.05) is 31.2 Å². The molecule has 1 aliphatic heterocycles. The van der Waals surface area contributed by atoms with Gasteiger partial charge in [-0.05, 0) is 57.4 Å². The molecule has 0 radical (unpaired) electrons. The van der Waals surface area contributed by atoms with E-state index in [2.05, 4.69) is 30.1 Å². The molecule has 0 aromatic heterocycles. The van der Waals surface area contributed by atoms with Crippen LogP contribution in [0.15, 0.2) is 35.9 Å². The fraction of sp³-hybridized carbons (Fsp3) is 0.654. The van der Waals surface area contributed by atoms with Gasteiger partial charge in [0.05, 0.1) is 0 Å². The van der Waals surface area contributed by atoms with Crippen molar-refractivity contribution in [2.75, 3.05) is 19.6 Å². The molecule has 1 amide bonds. The number of piperidine rings is 1. The van der Waals surface area contributed by atoms with Crippen molar-refractivity contribution in [3.05, 3.63) is 47.0 Å². The van der Waals surface area contributed by atoms with Gasteiger partial charge in [0.15, 0.2) is 5.60 Å². The highest BCUT2D eigenvalue weighted by atomic mass is 16.3. The Kier molecular flexibility index (Phi) is 6.36. The Hall–Kier alpha value is -1.65. The molecule has 4 rings (SSSR count). The van der Waals surface area contributed by atoms with Gasteiger partial charge in [0.1, 0.15) is 0 Å². The summed E-state index contributed by atoms with van der Waals surface area (Å²) in [5, 5.41) is 15.1. The minimum Gasteiger partial charge on any atom is -0.375 e. The number of nitrogens with one attached hydrogen (secondary N) is 1. The van der Waals surface area contributed by atoms with Gasteiger partial charge in [0.2, 0.25) is 0 Å². The second-order valence-corrected chi connectivity index (χ2v) is 10.1. The first kappa shape index (κ1) is 21.6. The van der Waals surface area contributed by atoms with Crippen LogP contribution in [0.2, 0.25) is 0 Å². The monoisotopic (exact) mass is 410 g/mol. The van der Waals surface area contributed by atoms with Crippen LogP contribution in [-0.2, 0) is 10.4 Å². The Balaban J connectivity index is 1.40. The molecule has 1 heterocycles. The zero-order chi connectivity index (χ0) is 21.3. The summed E-state index contributed by atoms with van der Waals surface area (Å²) in [5.74, 6) is 0.936. The number of hydrogen-bond acceptors (Lipinski definition) is 3. The fourth-order valence-corrected chi connectivity index (χ4v) is 5.69. The molecule has 2 N–H and O–H groups in total. The highest BCUT2D eigenvalue weighted by Gasteiger charge is 2.58. The normalized spacial score (nSPS) is 28.5. The van der Waals surface area contributed by atoms with Crippen LogP contribution in [0.1, 0.15) is 63.5 Å². The molecule has 1 saturated heterocycles. The number of nitrogens with zero attached hydrogens (tertiary/aromatic N) is 1. The molecule has 3 unspecified atom stereocenters. The van der Waals surface area contributed by atoms with Gasteiger partial charge >= 0.3 is 0 Å². The van der Waals surface area contributed by atoms with Crippen LogP contribution in [0.4, 0.5) is 0 Å². The molecule has 0 bridgehead atoms. The first-order chi connectivity index (χ1) is 14.4. The van der Waals surface area contributed by atoms with Gasteiger partial charge in [-0.25, -0.2) is 0 Å². The lowest BCUT2D eigenvalue weighted by atomic mass is 9.72. The van der Waals surface area contributed by atoms with Crippen LogP contribution < -0.4 is 5.32 Å². The second kappa shape index (κ2) is 8.84. The minimum absolute atomic E-state index is 0.00751. The standard InChI is InChI=1S/C26H38N2O2/c1-18(2)8-7-15-28-16-22-23(17-28)24(22)27-25(29)26(30,20-9-5-4-6-10-20)21-13-11-19(3)12-14-21/h8,11-14,20,22-24,30H,4-7,9-10,15-17H2,1-3H3,(H,27,29). The largest absolute Gasteiger partial charge is 0.375 e. The summed E-state index contributed by atoms with van der Waals surface area (Å²) >= 11 is 0. The minimum atomic E-state index is -1.41. The summed E-state index contributed by atoms with van der Waals surface area (Å²) in [6, 6.07) is 8.14. The number of likely N-dealkylation sites (tertiary alicyclic amines) is 1. The predicted molar refractivity (Wildman–Crippen MR) is 121 cm³/mol. The maximum absolute atomic E-state index is 13.5. The Morgan fingerprint density at radius 2 is 1.77 bits per heavy atom. The van der Waals surface area contributed by atoms with Crippen molar-refractivity contribution < 1.29 is 9.90 Å². The van der Waals surface area contributed by atoms with Gasteiger partial charge in [-0.1, -0.05) is 60.7 Å². The van der Waals surface area contributed by atoms with Crippen molar-refractivity contribution in [2.24, 2.45) is 17.8 Å². The topological polar surface area (TPSA) is 52.6 Å². The Labute approximate surface area is 181 Å². The van der Waals surface area contributed by atoms with Crippen molar-refractivity contribution in [1.29, 1.82) is 0 Å². The highest BCUT2D eigenvalue weighted by molar-refractivity contribution is 5.87. The summed E-state index contributed by atoms with van der Waals surface area (Å²) in [7, 11) is 0. The third-order valence-electron chi connectivity index (χ3n) is 7.60. The van der Waals surface area contributed by atoms with E-state index in [0.29, 0.717) is 11.8 Å². The van der Waals surface area contributed by atoms with Crippen LogP contribution in [-0.4, -0.2) is 41.6 Å². The summed E-state index contributed by atoms with van der Waals surface area (Å²) in [4.78, 5) is 16.0. The van der Waals surface area contributed by atoms with E-state index in [9.17, 15) is 9.90 Å². The van der Waals surface area contributed by atoms with E-state index in [1.165, 1.54) is 12.0 Å². The molecule has 3 aliphatic rings. The molecule has 164 valence electrons. The summed E-state index contributed by atoms with van der Waals surface area (Å²) < 4.78 is 0. The number of carbonyl (C=O) groups is 1. The summed E-state index contributed by atoms with van der Waals surface area (Å²) in [6.45, 7) is 9.58. The lowest BCUT2D eigenvalue weighted by molar-refractivity contribution is -0.149. The maximum atomic E-state index is 13.5. The van der Waals surface area contributed by atoms with Crippen molar-refractivity contribution in [3.63, 3.8) is 0 Å². The number of hydrogen-bond donors (Lipinski definition) is 2. The molecule has 3 atom stereocenters. The molecular weight excluding hydrogens is 372 g/mol. The quantitative estimate of drug-likeness (QED) is 0.664. The molecule has 1 aromatic rings. The van der Waals surface area contributed by atoms with Gasteiger partial charge in [-0.15, -0.1) is 0 Å². The Morgan fingerprint density at radius 1 is 1.13 bits per heavy atom. The molecule has 4 heteroatoms. The lowest BCUT2D eigenvalue weighted by Crippen LogP contribution is -2.52. The third kappa shape index (κ3) is 4.36. The average Bonchev–Trinajstić information content (AvgIpc) is 3.17. The number of aryl methyl sites for hydroxylation is 1. The zero-order valence-corrected chi connectivity index (χ0v) is 18.9. The SMILES string of the molecule is CC(C)=CCCN1CC2C(C1)C2NC(=O)C(O)(c1ccc(C)cc1)C1CCCCC1. The molecule has 30 heavy (non-hydrogen) atoms. The number of aliphatic hydroxyl groups is 1. The van der Waals surface area contributed by atoms with E-state index >= 15 is 0 Å². The number of fused-ring (bicyclic) bond motifs is 1. The fourth-order valence-electron chi connectivity index (χ4n) is 5.69. The molecule has 2 saturated carbocycles. The van der Waals surface area contributed by atoms with E-state index in [4.69, 9.17) is 0 Å².